The summed E-state index contributed by atoms with van der Waals surface area (Å²) in [5, 5.41) is 4.42. The van der Waals surface area contributed by atoms with Crippen LogP contribution in [0.25, 0.3) is 10.1 Å². The van der Waals surface area contributed by atoms with E-state index in [9.17, 15) is 4.79 Å². The molecule has 0 saturated heterocycles. The van der Waals surface area contributed by atoms with Gasteiger partial charge in [-0.25, -0.2) is 0 Å². The van der Waals surface area contributed by atoms with Crippen molar-refractivity contribution in [2.45, 2.75) is 25.3 Å². The van der Waals surface area contributed by atoms with Gasteiger partial charge in [0.2, 0.25) is 0 Å². The van der Waals surface area contributed by atoms with Crippen LogP contribution in [-0.4, -0.2) is 11.9 Å². The normalized spacial score (nSPS) is 15.5. The maximum Gasteiger partial charge on any atom is 0.261 e. The number of carbonyl (C=O) groups is 1. The van der Waals surface area contributed by atoms with Gasteiger partial charge in [-0.1, -0.05) is 48.5 Å². The average Bonchev–Trinajstić information content (AvgIpc) is 3.33. The predicted octanol–water partition coefficient (Wildman–Crippen LogP) is 4.65. The van der Waals surface area contributed by atoms with E-state index in [2.05, 4.69) is 41.7 Å². The molecule has 2 nitrogen and oxygen atoms in total. The summed E-state index contributed by atoms with van der Waals surface area (Å²) >= 11 is 1.57. The molecule has 2 aromatic carbocycles. The van der Waals surface area contributed by atoms with Crippen LogP contribution in [0.1, 0.15) is 28.1 Å². The van der Waals surface area contributed by atoms with Crippen molar-refractivity contribution >= 4 is 27.3 Å². The van der Waals surface area contributed by atoms with Crippen LogP contribution in [0, 0.1) is 5.92 Å². The minimum absolute atomic E-state index is 0.0685. The molecule has 116 valence electrons. The van der Waals surface area contributed by atoms with Gasteiger partial charge in [0.05, 0.1) is 4.88 Å². The van der Waals surface area contributed by atoms with Gasteiger partial charge in [-0.3, -0.25) is 4.79 Å². The summed E-state index contributed by atoms with van der Waals surface area (Å²) in [6.45, 7) is 0. The lowest BCUT2D eigenvalue weighted by Crippen LogP contribution is -2.37. The van der Waals surface area contributed by atoms with Gasteiger partial charge in [0, 0.05) is 10.7 Å². The minimum atomic E-state index is 0.0685. The second-order valence-electron chi connectivity index (χ2n) is 6.26. The van der Waals surface area contributed by atoms with Gasteiger partial charge in [-0.05, 0) is 48.3 Å². The van der Waals surface area contributed by atoms with E-state index in [1.807, 2.05) is 24.3 Å². The van der Waals surface area contributed by atoms with Crippen molar-refractivity contribution in [1.82, 2.24) is 5.32 Å². The second-order valence-corrected chi connectivity index (χ2v) is 7.34. The molecule has 1 heterocycles. The molecule has 1 saturated carbocycles. The number of benzene rings is 2. The topological polar surface area (TPSA) is 29.1 Å². The van der Waals surface area contributed by atoms with E-state index in [-0.39, 0.29) is 11.9 Å². The van der Waals surface area contributed by atoms with Gasteiger partial charge in [-0.15, -0.1) is 11.3 Å². The van der Waals surface area contributed by atoms with Crippen LogP contribution in [0.4, 0.5) is 0 Å². The SMILES string of the molecule is O=C(NC(Cc1ccccc1)C1CC1)c1cc2ccccc2s1. The number of hydrogen-bond donors (Lipinski definition) is 1. The van der Waals surface area contributed by atoms with E-state index in [0.717, 1.165) is 16.7 Å². The van der Waals surface area contributed by atoms with Crippen molar-refractivity contribution in [2.75, 3.05) is 0 Å². The van der Waals surface area contributed by atoms with E-state index in [4.69, 9.17) is 0 Å². The number of fused-ring (bicyclic) bond motifs is 1. The van der Waals surface area contributed by atoms with Gasteiger partial charge >= 0.3 is 0 Å². The Balaban J connectivity index is 1.51. The highest BCUT2D eigenvalue weighted by atomic mass is 32.1. The standard InChI is InChI=1S/C20H19NOS/c22-20(19-13-16-8-4-5-9-18(16)23-19)21-17(15-10-11-15)12-14-6-2-1-3-7-14/h1-9,13,15,17H,10-12H2,(H,21,22). The van der Waals surface area contributed by atoms with Crippen LogP contribution in [-0.2, 0) is 6.42 Å². The first kappa shape index (κ1) is 14.5. The Labute approximate surface area is 140 Å². The molecule has 1 atom stereocenters. The molecule has 1 amide bonds. The zero-order valence-corrected chi connectivity index (χ0v) is 13.7. The molecule has 0 spiro atoms. The summed E-state index contributed by atoms with van der Waals surface area (Å²) < 4.78 is 1.17. The Kier molecular flexibility index (Phi) is 3.88. The third-order valence-electron chi connectivity index (χ3n) is 4.46. The molecule has 1 unspecified atom stereocenters. The fourth-order valence-corrected chi connectivity index (χ4v) is 4.00. The number of thiophene rings is 1. The van der Waals surface area contributed by atoms with Crippen LogP contribution in [0.5, 0.6) is 0 Å². The summed E-state index contributed by atoms with van der Waals surface area (Å²) in [6, 6.07) is 20.8. The highest BCUT2D eigenvalue weighted by molar-refractivity contribution is 7.20. The zero-order valence-electron chi connectivity index (χ0n) is 12.9. The molecule has 0 radical (unpaired) electrons. The fourth-order valence-electron chi connectivity index (χ4n) is 3.04. The van der Waals surface area contributed by atoms with E-state index in [0.29, 0.717) is 5.92 Å². The molecule has 1 aliphatic carbocycles. The third kappa shape index (κ3) is 3.30. The molecular formula is C20H19NOS. The Morgan fingerprint density at radius 3 is 2.57 bits per heavy atom. The monoisotopic (exact) mass is 321 g/mol. The average molecular weight is 321 g/mol. The molecule has 3 heteroatoms. The fraction of sp³-hybridized carbons (Fsp3) is 0.250. The van der Waals surface area contributed by atoms with E-state index in [1.54, 1.807) is 11.3 Å². The summed E-state index contributed by atoms with van der Waals surface area (Å²) in [5.74, 6) is 0.701. The maximum absolute atomic E-state index is 12.6. The predicted molar refractivity (Wildman–Crippen MR) is 95.9 cm³/mol. The second kappa shape index (κ2) is 6.17. The lowest BCUT2D eigenvalue weighted by Gasteiger charge is -2.18. The van der Waals surface area contributed by atoms with E-state index in [1.165, 1.54) is 23.1 Å². The molecule has 1 aliphatic rings. The number of hydrogen-bond acceptors (Lipinski definition) is 2. The van der Waals surface area contributed by atoms with Crippen molar-refractivity contribution < 1.29 is 4.79 Å². The highest BCUT2D eigenvalue weighted by Crippen LogP contribution is 2.34. The smallest absolute Gasteiger partial charge is 0.261 e. The third-order valence-corrected chi connectivity index (χ3v) is 5.57. The van der Waals surface area contributed by atoms with Crippen molar-refractivity contribution in [1.29, 1.82) is 0 Å². The van der Waals surface area contributed by atoms with Crippen LogP contribution >= 0.6 is 11.3 Å². The van der Waals surface area contributed by atoms with Gasteiger partial charge in [0.1, 0.15) is 0 Å². The molecule has 0 bridgehead atoms. The van der Waals surface area contributed by atoms with E-state index >= 15 is 0 Å². The first-order valence-corrected chi connectivity index (χ1v) is 8.94. The Bertz CT molecular complexity index is 787. The maximum atomic E-state index is 12.6. The molecule has 4 rings (SSSR count). The summed E-state index contributed by atoms with van der Waals surface area (Å²) in [7, 11) is 0. The van der Waals surface area contributed by atoms with Crippen LogP contribution in [0.15, 0.2) is 60.7 Å². The Morgan fingerprint density at radius 1 is 1.09 bits per heavy atom. The molecule has 1 aromatic heterocycles. The zero-order chi connectivity index (χ0) is 15.6. The number of nitrogens with one attached hydrogen (secondary N) is 1. The van der Waals surface area contributed by atoms with Gasteiger partial charge in [0.15, 0.2) is 0 Å². The van der Waals surface area contributed by atoms with Crippen LogP contribution in [0.2, 0.25) is 0 Å². The Morgan fingerprint density at radius 2 is 1.83 bits per heavy atom. The summed E-state index contributed by atoms with van der Waals surface area (Å²) in [6.07, 6.45) is 3.37. The van der Waals surface area contributed by atoms with Gasteiger partial charge in [0.25, 0.3) is 5.91 Å². The molecule has 1 N–H and O–H groups in total. The first-order chi connectivity index (χ1) is 11.3. The first-order valence-electron chi connectivity index (χ1n) is 8.13. The van der Waals surface area contributed by atoms with Crippen molar-refractivity contribution in [3.05, 3.63) is 71.1 Å². The van der Waals surface area contributed by atoms with Crippen LogP contribution < -0.4 is 5.32 Å². The molecule has 0 aliphatic heterocycles. The van der Waals surface area contributed by atoms with Crippen molar-refractivity contribution in [3.63, 3.8) is 0 Å². The molecule has 3 aromatic rings. The van der Waals surface area contributed by atoms with Crippen molar-refractivity contribution in [2.24, 2.45) is 5.92 Å². The molecule has 23 heavy (non-hydrogen) atoms. The minimum Gasteiger partial charge on any atom is -0.348 e. The Hall–Kier alpha value is -2.13. The van der Waals surface area contributed by atoms with E-state index < -0.39 is 0 Å². The highest BCUT2D eigenvalue weighted by Gasteiger charge is 2.32. The molecular weight excluding hydrogens is 302 g/mol. The molecule has 1 fully saturated rings. The number of carbonyl (C=O) groups excluding carboxylic acids is 1. The lowest BCUT2D eigenvalue weighted by molar-refractivity contribution is 0.0936. The number of amides is 1. The summed E-state index contributed by atoms with van der Waals surface area (Å²) in [5.41, 5.74) is 1.29. The summed E-state index contributed by atoms with van der Waals surface area (Å²) in [4.78, 5) is 13.5. The van der Waals surface area contributed by atoms with Crippen LogP contribution in [0.3, 0.4) is 0 Å². The lowest BCUT2D eigenvalue weighted by atomic mass is 10.0. The largest absolute Gasteiger partial charge is 0.348 e. The van der Waals surface area contributed by atoms with Gasteiger partial charge in [-0.2, -0.15) is 0 Å². The quantitative estimate of drug-likeness (QED) is 0.728. The number of rotatable bonds is 5. The van der Waals surface area contributed by atoms with Gasteiger partial charge < -0.3 is 5.32 Å². The van der Waals surface area contributed by atoms with Crippen molar-refractivity contribution in [3.8, 4) is 0 Å².